The molecule has 4 N–H and O–H groups in total. The molecule has 0 aliphatic heterocycles. The van der Waals surface area contributed by atoms with Crippen LogP contribution in [0.25, 0.3) is 10.8 Å². The van der Waals surface area contributed by atoms with Crippen molar-refractivity contribution in [3.05, 3.63) is 42.9 Å². The molecule has 0 fully saturated rings. The molecule has 3 aromatic rings. The molecule has 0 atom stereocenters. The van der Waals surface area contributed by atoms with Crippen molar-refractivity contribution in [2.45, 2.75) is 6.54 Å². The topological polar surface area (TPSA) is 89.0 Å². The van der Waals surface area contributed by atoms with Crippen LogP contribution in [0.4, 0.5) is 11.5 Å². The molecule has 2 heterocycles. The minimum absolute atomic E-state index is 0.230. The number of hydrogen-bond donors (Lipinski definition) is 3. The molecule has 3 rings (SSSR count). The second-order valence-corrected chi connectivity index (χ2v) is 4.53. The number of nitrogens with zero attached hydrogens (tertiary/aromatic N) is 3. The maximum atomic E-state index is 9.58. The number of aromatic nitrogens is 3. The van der Waals surface area contributed by atoms with E-state index < -0.39 is 0 Å². The van der Waals surface area contributed by atoms with Crippen LogP contribution in [0.15, 0.2) is 42.9 Å². The van der Waals surface area contributed by atoms with E-state index in [1.54, 1.807) is 35.4 Å². The normalized spacial score (nSPS) is 10.8. The first-order valence-electron chi connectivity index (χ1n) is 6.32. The van der Waals surface area contributed by atoms with Crippen molar-refractivity contribution in [3.63, 3.8) is 0 Å². The van der Waals surface area contributed by atoms with Gasteiger partial charge in [0.1, 0.15) is 11.6 Å². The molecule has 102 valence electrons. The smallest absolute Gasteiger partial charge is 0.134 e. The van der Waals surface area contributed by atoms with Gasteiger partial charge in [0.2, 0.25) is 0 Å². The van der Waals surface area contributed by atoms with E-state index in [0.717, 1.165) is 16.6 Å². The molecule has 6 nitrogen and oxygen atoms in total. The largest absolute Gasteiger partial charge is 0.508 e. The predicted molar refractivity (Wildman–Crippen MR) is 78.5 cm³/mol. The molecule has 0 aliphatic rings. The second-order valence-electron chi connectivity index (χ2n) is 4.53. The predicted octanol–water partition coefficient (Wildman–Crippen LogP) is 1.83. The van der Waals surface area contributed by atoms with E-state index in [9.17, 15) is 5.11 Å². The maximum Gasteiger partial charge on any atom is 0.134 e. The molecule has 0 aliphatic carbocycles. The first kappa shape index (κ1) is 12.3. The van der Waals surface area contributed by atoms with Crippen LogP contribution in [-0.2, 0) is 6.54 Å². The summed E-state index contributed by atoms with van der Waals surface area (Å²) < 4.78 is 1.77. The summed E-state index contributed by atoms with van der Waals surface area (Å²) >= 11 is 0. The van der Waals surface area contributed by atoms with E-state index in [2.05, 4.69) is 15.4 Å². The van der Waals surface area contributed by atoms with E-state index in [1.807, 2.05) is 12.1 Å². The highest BCUT2D eigenvalue weighted by Gasteiger charge is 2.03. The van der Waals surface area contributed by atoms with Crippen molar-refractivity contribution in [1.82, 2.24) is 14.8 Å². The lowest BCUT2D eigenvalue weighted by Crippen LogP contribution is -2.11. The van der Waals surface area contributed by atoms with Gasteiger partial charge in [0.05, 0.1) is 18.4 Å². The summed E-state index contributed by atoms with van der Waals surface area (Å²) in [6, 6.07) is 7.15. The minimum atomic E-state index is 0.230. The van der Waals surface area contributed by atoms with Gasteiger partial charge in [0.15, 0.2) is 0 Å². The van der Waals surface area contributed by atoms with Gasteiger partial charge in [-0.2, -0.15) is 5.10 Å². The number of nitrogens with one attached hydrogen (secondary N) is 1. The monoisotopic (exact) mass is 269 g/mol. The highest BCUT2D eigenvalue weighted by molar-refractivity contribution is 5.92. The minimum Gasteiger partial charge on any atom is -0.508 e. The van der Waals surface area contributed by atoms with Crippen LogP contribution in [0.1, 0.15) is 0 Å². The van der Waals surface area contributed by atoms with E-state index >= 15 is 0 Å². The van der Waals surface area contributed by atoms with Crippen LogP contribution in [0.2, 0.25) is 0 Å². The zero-order valence-electron chi connectivity index (χ0n) is 10.8. The number of phenols is 1. The Bertz CT molecular complexity index is 737. The lowest BCUT2D eigenvalue weighted by atomic mass is 10.1. The molecule has 6 heteroatoms. The lowest BCUT2D eigenvalue weighted by Gasteiger charge is -2.09. The van der Waals surface area contributed by atoms with Gasteiger partial charge in [-0.25, -0.2) is 4.98 Å². The summed E-state index contributed by atoms with van der Waals surface area (Å²) in [5.41, 5.74) is 6.26. The Morgan fingerprint density at radius 3 is 3.00 bits per heavy atom. The lowest BCUT2D eigenvalue weighted by molar-refractivity contribution is 0.476. The Hall–Kier alpha value is -2.76. The van der Waals surface area contributed by atoms with Gasteiger partial charge in [-0.1, -0.05) is 6.07 Å². The van der Waals surface area contributed by atoms with Gasteiger partial charge >= 0.3 is 0 Å². The van der Waals surface area contributed by atoms with Crippen molar-refractivity contribution in [3.8, 4) is 5.75 Å². The molecule has 0 radical (unpaired) electrons. The van der Waals surface area contributed by atoms with Gasteiger partial charge in [0.25, 0.3) is 0 Å². The summed E-state index contributed by atoms with van der Waals surface area (Å²) in [5, 5.41) is 18.9. The fraction of sp³-hybridized carbons (Fsp3) is 0.143. The molecule has 2 aromatic heterocycles. The quantitative estimate of drug-likeness (QED) is 0.672. The number of nitrogens with two attached hydrogens (primary N) is 1. The second kappa shape index (κ2) is 5.08. The molecule has 0 saturated carbocycles. The fourth-order valence-corrected chi connectivity index (χ4v) is 2.09. The van der Waals surface area contributed by atoms with E-state index in [0.29, 0.717) is 18.8 Å². The number of benzene rings is 1. The molecule has 0 spiro atoms. The number of rotatable bonds is 4. The standard InChI is InChI=1S/C14H15N5O/c15-11-8-18-19(9-11)6-5-17-14-13-7-12(20)2-1-10(13)3-4-16-14/h1-4,7-9,20H,5-6,15H2,(H,16,17). The molecule has 20 heavy (non-hydrogen) atoms. The Labute approximate surface area is 115 Å². The summed E-state index contributed by atoms with van der Waals surface area (Å²) in [5.74, 6) is 0.979. The van der Waals surface area contributed by atoms with Gasteiger partial charge < -0.3 is 16.2 Å². The summed E-state index contributed by atoms with van der Waals surface area (Å²) in [7, 11) is 0. The summed E-state index contributed by atoms with van der Waals surface area (Å²) in [4.78, 5) is 4.31. The third-order valence-corrected chi connectivity index (χ3v) is 3.04. The zero-order valence-corrected chi connectivity index (χ0v) is 10.8. The van der Waals surface area contributed by atoms with Gasteiger partial charge in [-0.3, -0.25) is 4.68 Å². The first-order chi connectivity index (χ1) is 9.72. The van der Waals surface area contributed by atoms with Crippen molar-refractivity contribution in [2.24, 2.45) is 0 Å². The third-order valence-electron chi connectivity index (χ3n) is 3.04. The molecule has 1 aromatic carbocycles. The molecular weight excluding hydrogens is 254 g/mol. The first-order valence-corrected chi connectivity index (χ1v) is 6.32. The Balaban J connectivity index is 1.75. The number of hydrogen-bond acceptors (Lipinski definition) is 5. The highest BCUT2D eigenvalue weighted by atomic mass is 16.3. The number of nitrogen functional groups attached to an aromatic ring is 1. The molecule has 0 amide bonds. The molecule has 0 bridgehead atoms. The number of pyridine rings is 1. The average Bonchev–Trinajstić information content (AvgIpc) is 2.85. The third kappa shape index (κ3) is 2.49. The van der Waals surface area contributed by atoms with Gasteiger partial charge in [-0.15, -0.1) is 0 Å². The van der Waals surface area contributed by atoms with Crippen LogP contribution < -0.4 is 11.1 Å². The maximum absolute atomic E-state index is 9.58. The number of anilines is 2. The Morgan fingerprint density at radius 1 is 1.30 bits per heavy atom. The molecular formula is C14H15N5O. The van der Waals surface area contributed by atoms with Crippen LogP contribution in [0, 0.1) is 0 Å². The van der Waals surface area contributed by atoms with Gasteiger partial charge in [0, 0.05) is 24.3 Å². The van der Waals surface area contributed by atoms with E-state index in [4.69, 9.17) is 5.73 Å². The van der Waals surface area contributed by atoms with Crippen LogP contribution in [0.5, 0.6) is 5.75 Å². The van der Waals surface area contributed by atoms with Gasteiger partial charge in [-0.05, 0) is 23.6 Å². The summed E-state index contributed by atoms with van der Waals surface area (Å²) in [6.45, 7) is 1.36. The zero-order chi connectivity index (χ0) is 13.9. The highest BCUT2D eigenvalue weighted by Crippen LogP contribution is 2.24. The number of phenolic OH excluding ortho intramolecular Hbond substituents is 1. The van der Waals surface area contributed by atoms with Crippen molar-refractivity contribution < 1.29 is 5.11 Å². The Kier molecular flexibility index (Phi) is 3.12. The molecule has 0 saturated heterocycles. The van der Waals surface area contributed by atoms with Crippen LogP contribution in [-0.4, -0.2) is 26.4 Å². The van der Waals surface area contributed by atoms with E-state index in [-0.39, 0.29) is 5.75 Å². The summed E-state index contributed by atoms with van der Waals surface area (Å²) in [6.07, 6.45) is 5.14. The van der Waals surface area contributed by atoms with Crippen LogP contribution in [0.3, 0.4) is 0 Å². The average molecular weight is 269 g/mol. The molecule has 0 unspecified atom stereocenters. The van der Waals surface area contributed by atoms with Crippen molar-refractivity contribution in [2.75, 3.05) is 17.6 Å². The number of aromatic hydroxyl groups is 1. The van der Waals surface area contributed by atoms with Crippen molar-refractivity contribution >= 4 is 22.3 Å². The SMILES string of the molecule is Nc1cnn(CCNc2nccc3ccc(O)cc23)c1. The van der Waals surface area contributed by atoms with Crippen LogP contribution >= 0.6 is 0 Å². The Morgan fingerprint density at radius 2 is 2.20 bits per heavy atom. The fourth-order valence-electron chi connectivity index (χ4n) is 2.09. The number of fused-ring (bicyclic) bond motifs is 1. The van der Waals surface area contributed by atoms with Crippen molar-refractivity contribution in [1.29, 1.82) is 0 Å². The van der Waals surface area contributed by atoms with E-state index in [1.165, 1.54) is 0 Å².